The molecule has 0 atom stereocenters. The molecule has 1 fully saturated rings. The second-order valence-corrected chi connectivity index (χ2v) is 10.1. The summed E-state index contributed by atoms with van der Waals surface area (Å²) < 4.78 is 43.2. The first-order chi connectivity index (χ1) is 23.4. The Hall–Kier alpha value is -3.29. The van der Waals surface area contributed by atoms with E-state index in [1.54, 1.807) is 6.08 Å². The first kappa shape index (κ1) is 40.9. The minimum atomic E-state index is -0.706. The van der Waals surface area contributed by atoms with Crippen molar-refractivity contribution in [3.8, 4) is 0 Å². The quantitative estimate of drug-likeness (QED) is 0.0728. The van der Waals surface area contributed by atoms with Crippen molar-refractivity contribution in [2.75, 3.05) is 119 Å². The second kappa shape index (κ2) is 26.6. The van der Waals surface area contributed by atoms with Crippen LogP contribution in [-0.4, -0.2) is 158 Å². The number of amides is 4. The summed E-state index contributed by atoms with van der Waals surface area (Å²) in [5, 5.41) is 3.26. The summed E-state index contributed by atoms with van der Waals surface area (Å²) in [6.07, 6.45) is 3.29. The molecule has 17 heteroatoms. The highest BCUT2D eigenvalue weighted by molar-refractivity contribution is 6.01. The molecule has 48 heavy (non-hydrogen) atoms. The molecular weight excluding hydrogens is 638 g/mol. The van der Waals surface area contributed by atoms with E-state index in [-0.39, 0.29) is 50.7 Å². The number of carbonyl (C=O) groups is 5. The van der Waals surface area contributed by atoms with Crippen molar-refractivity contribution in [2.24, 2.45) is 0 Å². The third-order valence-electron chi connectivity index (χ3n) is 6.42. The molecule has 0 aromatic carbocycles. The third-order valence-corrected chi connectivity index (χ3v) is 6.42. The molecule has 0 spiro atoms. The van der Waals surface area contributed by atoms with Crippen LogP contribution >= 0.6 is 0 Å². The summed E-state index contributed by atoms with van der Waals surface area (Å²) in [5.41, 5.74) is 0.594. The number of rotatable bonds is 31. The summed E-state index contributed by atoms with van der Waals surface area (Å²) in [7, 11) is 0. The highest BCUT2D eigenvalue weighted by atomic mass is 16.7. The molecule has 0 aromatic rings. The van der Waals surface area contributed by atoms with Gasteiger partial charge in [0.2, 0.25) is 5.91 Å². The highest BCUT2D eigenvalue weighted by Crippen LogP contribution is 2.13. The molecular formula is C31H49N3O14. The maximum Gasteiger partial charge on any atom is 0.335 e. The van der Waals surface area contributed by atoms with Crippen molar-refractivity contribution in [2.45, 2.75) is 25.7 Å². The summed E-state index contributed by atoms with van der Waals surface area (Å²) >= 11 is 0. The Morgan fingerprint density at radius 2 is 1.02 bits per heavy atom. The largest absolute Gasteiger partial charge is 0.378 e. The molecule has 0 aliphatic carbocycles. The molecule has 1 saturated heterocycles. The van der Waals surface area contributed by atoms with Crippen molar-refractivity contribution in [3.63, 3.8) is 0 Å². The van der Waals surface area contributed by atoms with Gasteiger partial charge in [-0.15, -0.1) is 5.06 Å². The average Bonchev–Trinajstić information content (AvgIpc) is 3.57. The normalized spacial score (nSPS) is 14.5. The molecule has 0 radical (unpaired) electrons. The number of nitrogens with one attached hydrogen (secondary N) is 1. The van der Waals surface area contributed by atoms with Gasteiger partial charge in [0, 0.05) is 44.1 Å². The molecule has 4 amide bonds. The number of hydroxylamine groups is 2. The van der Waals surface area contributed by atoms with Gasteiger partial charge >= 0.3 is 5.97 Å². The first-order valence-corrected chi connectivity index (χ1v) is 16.0. The molecule has 2 aliphatic rings. The fraction of sp³-hybridized carbons (Fsp3) is 0.710. The lowest BCUT2D eigenvalue weighted by Gasteiger charge is -2.16. The number of allylic oxidation sites excluding steroid dienone is 1. The minimum absolute atomic E-state index is 0.0539. The van der Waals surface area contributed by atoms with E-state index in [4.69, 9.17) is 42.7 Å². The molecule has 2 heterocycles. The van der Waals surface area contributed by atoms with Gasteiger partial charge in [-0.25, -0.2) is 4.79 Å². The van der Waals surface area contributed by atoms with E-state index >= 15 is 0 Å². The van der Waals surface area contributed by atoms with Crippen LogP contribution in [0.3, 0.4) is 0 Å². The molecule has 272 valence electrons. The van der Waals surface area contributed by atoms with E-state index in [1.807, 2.05) is 0 Å². The van der Waals surface area contributed by atoms with Crippen molar-refractivity contribution < 1.29 is 66.7 Å². The van der Waals surface area contributed by atoms with Crippen LogP contribution in [-0.2, 0) is 66.7 Å². The van der Waals surface area contributed by atoms with Crippen LogP contribution in [0, 0.1) is 0 Å². The van der Waals surface area contributed by atoms with Crippen LogP contribution in [0.2, 0.25) is 0 Å². The predicted octanol–water partition coefficient (Wildman–Crippen LogP) is -0.465. The topological polar surface area (TPSA) is 187 Å². The van der Waals surface area contributed by atoms with E-state index in [0.29, 0.717) is 116 Å². The van der Waals surface area contributed by atoms with Gasteiger partial charge in [-0.2, -0.15) is 0 Å². The number of carbonyl (C=O) groups excluding carboxylic acids is 5. The number of nitrogens with zero attached hydrogens (tertiary/aromatic N) is 2. The van der Waals surface area contributed by atoms with E-state index in [9.17, 15) is 24.0 Å². The molecule has 0 aromatic heterocycles. The van der Waals surface area contributed by atoms with E-state index in [0.717, 1.165) is 0 Å². The molecule has 0 unspecified atom stereocenters. The lowest BCUT2D eigenvalue weighted by molar-refractivity contribution is -0.198. The maximum atomic E-state index is 11.9. The Labute approximate surface area is 280 Å². The van der Waals surface area contributed by atoms with Gasteiger partial charge in [-0.05, 0) is 6.08 Å². The van der Waals surface area contributed by atoms with Gasteiger partial charge in [0.15, 0.2) is 0 Å². The Bertz CT molecular complexity index is 990. The van der Waals surface area contributed by atoms with E-state index in [2.05, 4.69) is 11.9 Å². The number of hydrogen-bond donors (Lipinski definition) is 1. The summed E-state index contributed by atoms with van der Waals surface area (Å²) in [6, 6.07) is 0. The molecule has 2 aliphatic heterocycles. The van der Waals surface area contributed by atoms with Crippen LogP contribution < -0.4 is 5.32 Å². The summed E-state index contributed by atoms with van der Waals surface area (Å²) in [4.78, 5) is 64.1. The Kier molecular flexibility index (Phi) is 22.7. The van der Waals surface area contributed by atoms with Gasteiger partial charge < -0.3 is 52.9 Å². The lowest BCUT2D eigenvalue weighted by Crippen LogP contribution is -2.32. The van der Waals surface area contributed by atoms with Crippen LogP contribution in [0.4, 0.5) is 0 Å². The van der Waals surface area contributed by atoms with Gasteiger partial charge in [0.05, 0.1) is 112 Å². The van der Waals surface area contributed by atoms with Crippen molar-refractivity contribution in [1.29, 1.82) is 0 Å². The molecule has 17 nitrogen and oxygen atoms in total. The van der Waals surface area contributed by atoms with Crippen LogP contribution in [0.15, 0.2) is 24.4 Å². The monoisotopic (exact) mass is 687 g/mol. The summed E-state index contributed by atoms with van der Waals surface area (Å²) in [5.74, 6) is -2.05. The maximum absolute atomic E-state index is 11.9. The zero-order valence-electron chi connectivity index (χ0n) is 27.5. The predicted molar refractivity (Wildman–Crippen MR) is 166 cm³/mol. The molecule has 0 saturated carbocycles. The third kappa shape index (κ3) is 19.5. The average molecular weight is 688 g/mol. The Balaban J connectivity index is 1.19. The molecule has 0 bridgehead atoms. The van der Waals surface area contributed by atoms with Gasteiger partial charge in [-0.3, -0.25) is 19.2 Å². The zero-order chi connectivity index (χ0) is 34.7. The van der Waals surface area contributed by atoms with Crippen LogP contribution in [0.1, 0.15) is 25.7 Å². The minimum Gasteiger partial charge on any atom is -0.378 e. The van der Waals surface area contributed by atoms with Gasteiger partial charge in [0.1, 0.15) is 0 Å². The Morgan fingerprint density at radius 1 is 0.604 bits per heavy atom. The zero-order valence-corrected chi connectivity index (χ0v) is 27.5. The van der Waals surface area contributed by atoms with Crippen LogP contribution in [0.25, 0.3) is 0 Å². The number of hydrogen-bond acceptors (Lipinski definition) is 14. The van der Waals surface area contributed by atoms with Crippen molar-refractivity contribution >= 4 is 29.6 Å². The smallest absolute Gasteiger partial charge is 0.335 e. The van der Waals surface area contributed by atoms with E-state index in [1.165, 1.54) is 11.0 Å². The fourth-order valence-corrected chi connectivity index (χ4v) is 3.91. The van der Waals surface area contributed by atoms with Crippen molar-refractivity contribution in [1.82, 2.24) is 15.3 Å². The van der Waals surface area contributed by atoms with Crippen LogP contribution in [0.5, 0.6) is 0 Å². The SMILES string of the molecule is C=C1C=CC(=O)N1CCC(=O)NCCOCCOCCOCCOCCOCCOCCOCCOCCC(=O)ON1C(=O)CCC1=O. The highest BCUT2D eigenvalue weighted by Gasteiger charge is 2.32. The lowest BCUT2D eigenvalue weighted by atomic mass is 10.3. The first-order valence-electron chi connectivity index (χ1n) is 16.0. The Morgan fingerprint density at radius 3 is 1.44 bits per heavy atom. The fourth-order valence-electron chi connectivity index (χ4n) is 3.91. The standard InChI is InChI=1S/C31H49N3O14/c1-26-2-3-28(36)33(26)9-6-27(35)32-8-11-41-13-15-43-17-19-45-21-23-47-25-24-46-22-20-44-18-16-42-14-12-40-10-7-31(39)48-34-29(37)4-5-30(34)38/h2-3H,1,4-25H2,(H,32,35). The molecule has 2 rings (SSSR count). The second-order valence-electron chi connectivity index (χ2n) is 10.1. The molecule has 1 N–H and O–H groups in total. The number of imide groups is 1. The summed E-state index contributed by atoms with van der Waals surface area (Å²) in [6.45, 7) is 10.6. The number of ether oxygens (including phenoxy) is 8. The van der Waals surface area contributed by atoms with E-state index < -0.39 is 17.8 Å². The van der Waals surface area contributed by atoms with Crippen molar-refractivity contribution in [3.05, 3.63) is 24.4 Å². The van der Waals surface area contributed by atoms with Gasteiger partial charge in [-0.1, -0.05) is 6.58 Å². The van der Waals surface area contributed by atoms with Gasteiger partial charge in [0.25, 0.3) is 17.7 Å².